The Hall–Kier alpha value is -0.950. The largest absolute Gasteiger partial charge is 0.310 e. The predicted octanol–water partition coefficient (Wildman–Crippen LogP) is 1.60. The van der Waals surface area contributed by atoms with E-state index in [0.29, 0.717) is 0 Å². The molecule has 18 heavy (non-hydrogen) atoms. The molecule has 0 saturated carbocycles. The van der Waals surface area contributed by atoms with Crippen molar-refractivity contribution in [2.24, 2.45) is 0 Å². The van der Waals surface area contributed by atoms with E-state index in [1.54, 1.807) is 23.5 Å². The molecule has 0 aliphatic heterocycles. The molecule has 2 aromatic rings. The Morgan fingerprint density at radius 2 is 2.28 bits per heavy atom. The lowest BCUT2D eigenvalue weighted by Crippen LogP contribution is -2.28. The van der Waals surface area contributed by atoms with Crippen LogP contribution < -0.4 is 5.32 Å². The summed E-state index contributed by atoms with van der Waals surface area (Å²) >= 11 is 1.73. The van der Waals surface area contributed by atoms with Crippen molar-refractivity contribution in [3.63, 3.8) is 0 Å². The van der Waals surface area contributed by atoms with Gasteiger partial charge in [-0.2, -0.15) is 5.06 Å². The van der Waals surface area contributed by atoms with E-state index in [-0.39, 0.29) is 0 Å². The van der Waals surface area contributed by atoms with Crippen molar-refractivity contribution in [2.75, 3.05) is 27.2 Å². The molecule has 0 radical (unpaired) electrons. The minimum Gasteiger partial charge on any atom is -0.310 e. The van der Waals surface area contributed by atoms with Gasteiger partial charge >= 0.3 is 0 Å². The third-order valence-corrected chi connectivity index (χ3v) is 3.85. The number of hydrogen-bond donors (Lipinski definition) is 1. The van der Waals surface area contributed by atoms with Gasteiger partial charge in [-0.3, -0.25) is 4.40 Å². The molecular weight excluding hydrogens is 248 g/mol. The summed E-state index contributed by atoms with van der Waals surface area (Å²) in [6, 6.07) is 0. The van der Waals surface area contributed by atoms with Crippen molar-refractivity contribution in [1.29, 1.82) is 0 Å². The normalized spacial score (nSPS) is 11.8. The Kier molecular flexibility index (Phi) is 4.34. The van der Waals surface area contributed by atoms with Crippen LogP contribution in [0.3, 0.4) is 0 Å². The molecule has 2 heterocycles. The maximum absolute atomic E-state index is 5.06. The summed E-state index contributed by atoms with van der Waals surface area (Å²) in [6.45, 7) is 6.76. The van der Waals surface area contributed by atoms with Crippen LogP contribution in [0.1, 0.15) is 16.3 Å². The van der Waals surface area contributed by atoms with Crippen LogP contribution in [0.4, 0.5) is 0 Å². The molecule has 5 nitrogen and oxygen atoms in total. The van der Waals surface area contributed by atoms with Crippen LogP contribution >= 0.6 is 11.3 Å². The summed E-state index contributed by atoms with van der Waals surface area (Å²) in [4.78, 5) is 12.0. The number of nitrogens with one attached hydrogen (secondary N) is 1. The van der Waals surface area contributed by atoms with E-state index in [0.717, 1.165) is 30.3 Å². The van der Waals surface area contributed by atoms with Gasteiger partial charge in [-0.25, -0.2) is 4.98 Å². The second-order valence-electron chi connectivity index (χ2n) is 4.35. The van der Waals surface area contributed by atoms with Crippen LogP contribution in [0.2, 0.25) is 0 Å². The molecule has 100 valence electrons. The van der Waals surface area contributed by atoms with E-state index in [4.69, 9.17) is 4.84 Å². The molecule has 0 aliphatic rings. The van der Waals surface area contributed by atoms with Crippen molar-refractivity contribution >= 4 is 16.3 Å². The highest BCUT2D eigenvalue weighted by molar-refractivity contribution is 7.17. The number of nitrogens with zero attached hydrogens (tertiary/aromatic N) is 3. The Bertz CT molecular complexity index is 519. The Balaban J connectivity index is 1.96. The Labute approximate surface area is 111 Å². The smallest absolute Gasteiger partial charge is 0.194 e. The van der Waals surface area contributed by atoms with E-state index in [1.807, 2.05) is 7.05 Å². The third-order valence-electron chi connectivity index (χ3n) is 2.95. The highest BCUT2D eigenvalue weighted by Crippen LogP contribution is 2.20. The van der Waals surface area contributed by atoms with Crippen molar-refractivity contribution in [3.8, 4) is 0 Å². The van der Waals surface area contributed by atoms with Gasteiger partial charge in [0, 0.05) is 37.8 Å². The average Bonchev–Trinajstić information content (AvgIpc) is 2.81. The van der Waals surface area contributed by atoms with E-state index in [1.165, 1.54) is 10.6 Å². The van der Waals surface area contributed by atoms with Gasteiger partial charge in [-0.1, -0.05) is 0 Å². The number of hydroxylamine groups is 2. The zero-order chi connectivity index (χ0) is 13.1. The van der Waals surface area contributed by atoms with Gasteiger partial charge in [0.1, 0.15) is 0 Å². The molecule has 0 bridgehead atoms. The quantitative estimate of drug-likeness (QED) is 0.638. The molecule has 2 aromatic heterocycles. The lowest BCUT2D eigenvalue weighted by molar-refractivity contribution is -0.107. The second kappa shape index (κ2) is 5.79. The van der Waals surface area contributed by atoms with Gasteiger partial charge < -0.3 is 10.2 Å². The fourth-order valence-electron chi connectivity index (χ4n) is 1.86. The number of fused-ring (bicyclic) bond motifs is 1. The molecule has 0 aliphatic carbocycles. The van der Waals surface area contributed by atoms with Gasteiger partial charge in [-0.15, -0.1) is 11.3 Å². The molecule has 0 aromatic carbocycles. The summed E-state index contributed by atoms with van der Waals surface area (Å²) in [5, 5.41) is 5.22. The first-order valence-corrected chi connectivity index (χ1v) is 6.83. The number of likely N-dealkylation sites (N-methyl/N-ethyl adjacent to an activating group) is 1. The summed E-state index contributed by atoms with van der Waals surface area (Å²) in [7, 11) is 3.60. The van der Waals surface area contributed by atoms with Crippen LogP contribution in [0.5, 0.6) is 0 Å². The molecular formula is C12H20N4OS. The average molecular weight is 268 g/mol. The molecule has 0 unspecified atom stereocenters. The number of thiazole rings is 1. The summed E-state index contributed by atoms with van der Waals surface area (Å²) in [6.07, 6.45) is 2.15. The SMILES string of the molecule is CON(C)CCNCc1c(C)nc2sc(C)cn12. The van der Waals surface area contributed by atoms with E-state index in [2.05, 4.69) is 34.7 Å². The van der Waals surface area contributed by atoms with Crippen LogP contribution in [0, 0.1) is 13.8 Å². The fourth-order valence-corrected chi connectivity index (χ4v) is 2.75. The number of aromatic nitrogens is 2. The number of rotatable bonds is 6. The maximum Gasteiger partial charge on any atom is 0.194 e. The zero-order valence-electron chi connectivity index (χ0n) is 11.4. The molecule has 0 fully saturated rings. The molecule has 0 saturated heterocycles. The van der Waals surface area contributed by atoms with Crippen LogP contribution in [0.15, 0.2) is 6.20 Å². The first-order chi connectivity index (χ1) is 8.61. The number of hydrogen-bond acceptors (Lipinski definition) is 5. The van der Waals surface area contributed by atoms with Gasteiger partial charge in [0.05, 0.1) is 18.5 Å². The fraction of sp³-hybridized carbons (Fsp3) is 0.583. The summed E-state index contributed by atoms with van der Waals surface area (Å²) < 4.78 is 2.18. The van der Waals surface area contributed by atoms with Crippen LogP contribution in [-0.4, -0.2) is 41.7 Å². The highest BCUT2D eigenvalue weighted by Gasteiger charge is 2.10. The van der Waals surface area contributed by atoms with Gasteiger partial charge in [0.25, 0.3) is 0 Å². The van der Waals surface area contributed by atoms with Gasteiger partial charge in [0.15, 0.2) is 4.96 Å². The van der Waals surface area contributed by atoms with Crippen molar-refractivity contribution in [1.82, 2.24) is 19.8 Å². The van der Waals surface area contributed by atoms with Crippen molar-refractivity contribution in [2.45, 2.75) is 20.4 Å². The standard InChI is InChI=1S/C12H20N4OS/c1-9-8-16-11(10(2)14-12(16)18-9)7-13-5-6-15(3)17-4/h8,13H,5-7H2,1-4H3. The van der Waals surface area contributed by atoms with Crippen molar-refractivity contribution in [3.05, 3.63) is 22.5 Å². The molecule has 6 heteroatoms. The van der Waals surface area contributed by atoms with Gasteiger partial charge in [0.2, 0.25) is 0 Å². The summed E-state index contributed by atoms with van der Waals surface area (Å²) in [5.74, 6) is 0. The monoisotopic (exact) mass is 268 g/mol. The van der Waals surface area contributed by atoms with Crippen molar-refractivity contribution < 1.29 is 4.84 Å². The van der Waals surface area contributed by atoms with E-state index >= 15 is 0 Å². The molecule has 0 spiro atoms. The lowest BCUT2D eigenvalue weighted by atomic mass is 10.3. The topological polar surface area (TPSA) is 41.8 Å². The minimum absolute atomic E-state index is 0.834. The predicted molar refractivity (Wildman–Crippen MR) is 73.9 cm³/mol. The molecule has 0 atom stereocenters. The highest BCUT2D eigenvalue weighted by atomic mass is 32.1. The summed E-state index contributed by atoms with van der Waals surface area (Å²) in [5.41, 5.74) is 2.35. The maximum atomic E-state index is 5.06. The van der Waals surface area contributed by atoms with E-state index < -0.39 is 0 Å². The van der Waals surface area contributed by atoms with E-state index in [9.17, 15) is 0 Å². The molecule has 1 N–H and O–H groups in total. The molecule has 2 rings (SSSR count). The minimum atomic E-state index is 0.834. The van der Waals surface area contributed by atoms with Gasteiger partial charge in [-0.05, 0) is 13.8 Å². The Morgan fingerprint density at radius 1 is 1.50 bits per heavy atom. The first-order valence-electron chi connectivity index (χ1n) is 6.01. The zero-order valence-corrected chi connectivity index (χ0v) is 12.2. The van der Waals surface area contributed by atoms with Crippen LogP contribution in [0.25, 0.3) is 4.96 Å². The number of aryl methyl sites for hydroxylation is 2. The number of imidazole rings is 1. The third kappa shape index (κ3) is 2.89. The lowest BCUT2D eigenvalue weighted by Gasteiger charge is -2.13. The van der Waals surface area contributed by atoms with Crippen LogP contribution in [-0.2, 0) is 11.4 Å². The Morgan fingerprint density at radius 3 is 3.00 bits per heavy atom. The first kappa shape index (κ1) is 13.5. The second-order valence-corrected chi connectivity index (χ2v) is 5.56. The molecule has 0 amide bonds.